The largest absolute Gasteiger partial charge is 0.308 e. The van der Waals surface area contributed by atoms with Crippen LogP contribution in [0.5, 0.6) is 0 Å². The SMILES string of the molecule is CC.CC(C)c1ccc2c(cnn2CCN(C)C)c1. The summed E-state index contributed by atoms with van der Waals surface area (Å²) in [4.78, 5) is 2.18. The van der Waals surface area contributed by atoms with Gasteiger partial charge >= 0.3 is 0 Å². The summed E-state index contributed by atoms with van der Waals surface area (Å²) in [5, 5.41) is 5.70. The quantitative estimate of drug-likeness (QED) is 0.836. The molecule has 19 heavy (non-hydrogen) atoms. The standard InChI is InChI=1S/C14H21N3.C2H6/c1-11(2)12-5-6-14-13(9-12)10-15-17(14)8-7-16(3)4;1-2/h5-6,9-11H,7-8H2,1-4H3;1-2H3. The van der Waals surface area contributed by atoms with Gasteiger partial charge in [-0.15, -0.1) is 0 Å². The predicted molar refractivity (Wildman–Crippen MR) is 83.7 cm³/mol. The topological polar surface area (TPSA) is 21.1 Å². The van der Waals surface area contributed by atoms with E-state index in [-0.39, 0.29) is 0 Å². The van der Waals surface area contributed by atoms with Gasteiger partial charge in [0.1, 0.15) is 0 Å². The van der Waals surface area contributed by atoms with Crippen molar-refractivity contribution in [1.82, 2.24) is 14.7 Å². The number of benzene rings is 1. The molecule has 0 aliphatic rings. The highest BCUT2D eigenvalue weighted by molar-refractivity contribution is 5.79. The van der Waals surface area contributed by atoms with E-state index in [9.17, 15) is 0 Å². The summed E-state index contributed by atoms with van der Waals surface area (Å²) in [6, 6.07) is 6.65. The van der Waals surface area contributed by atoms with Gasteiger partial charge in [-0.05, 0) is 37.7 Å². The monoisotopic (exact) mass is 261 g/mol. The van der Waals surface area contributed by atoms with Crippen molar-refractivity contribution in [1.29, 1.82) is 0 Å². The lowest BCUT2D eigenvalue weighted by atomic mass is 10.0. The Balaban J connectivity index is 0.000000861. The van der Waals surface area contributed by atoms with Crippen LogP contribution in [-0.4, -0.2) is 35.3 Å². The summed E-state index contributed by atoms with van der Waals surface area (Å²) in [7, 11) is 4.17. The number of hydrogen-bond acceptors (Lipinski definition) is 2. The van der Waals surface area contributed by atoms with Gasteiger partial charge in [0.25, 0.3) is 0 Å². The number of nitrogens with zero attached hydrogens (tertiary/aromatic N) is 3. The average molecular weight is 261 g/mol. The first-order chi connectivity index (χ1) is 9.08. The summed E-state index contributed by atoms with van der Waals surface area (Å²) in [6.07, 6.45) is 1.97. The second kappa shape index (κ2) is 7.29. The molecule has 0 aliphatic carbocycles. The smallest absolute Gasteiger partial charge is 0.0683 e. The fourth-order valence-corrected chi connectivity index (χ4v) is 1.94. The van der Waals surface area contributed by atoms with Crippen LogP contribution in [-0.2, 0) is 6.54 Å². The van der Waals surface area contributed by atoms with E-state index >= 15 is 0 Å². The summed E-state index contributed by atoms with van der Waals surface area (Å²) in [6.45, 7) is 10.4. The van der Waals surface area contributed by atoms with E-state index < -0.39 is 0 Å². The summed E-state index contributed by atoms with van der Waals surface area (Å²) in [5.41, 5.74) is 2.61. The molecule has 2 aromatic rings. The molecule has 0 spiro atoms. The van der Waals surface area contributed by atoms with E-state index in [1.54, 1.807) is 0 Å². The first kappa shape index (κ1) is 15.7. The second-order valence-electron chi connectivity index (χ2n) is 5.14. The van der Waals surface area contributed by atoms with Crippen LogP contribution in [0.4, 0.5) is 0 Å². The highest BCUT2D eigenvalue weighted by Gasteiger charge is 2.05. The Morgan fingerprint density at radius 1 is 1.21 bits per heavy atom. The molecule has 3 heteroatoms. The predicted octanol–water partition coefficient (Wildman–Crippen LogP) is 3.75. The van der Waals surface area contributed by atoms with Crippen molar-refractivity contribution in [2.45, 2.75) is 40.2 Å². The Morgan fingerprint density at radius 2 is 1.89 bits per heavy atom. The van der Waals surface area contributed by atoms with Crippen LogP contribution < -0.4 is 0 Å². The van der Waals surface area contributed by atoms with Gasteiger partial charge < -0.3 is 4.90 Å². The Kier molecular flexibility index (Phi) is 6.03. The lowest BCUT2D eigenvalue weighted by Crippen LogP contribution is -2.18. The number of fused-ring (bicyclic) bond motifs is 1. The molecule has 0 N–H and O–H groups in total. The molecule has 0 saturated carbocycles. The minimum atomic E-state index is 0.574. The van der Waals surface area contributed by atoms with Gasteiger partial charge in [0, 0.05) is 11.9 Å². The van der Waals surface area contributed by atoms with Crippen LogP contribution in [0.1, 0.15) is 39.2 Å². The third-order valence-corrected chi connectivity index (χ3v) is 3.09. The van der Waals surface area contributed by atoms with Crippen molar-refractivity contribution < 1.29 is 0 Å². The van der Waals surface area contributed by atoms with E-state index in [0.29, 0.717) is 5.92 Å². The van der Waals surface area contributed by atoms with Crippen LogP contribution >= 0.6 is 0 Å². The fraction of sp³-hybridized carbons (Fsp3) is 0.562. The third-order valence-electron chi connectivity index (χ3n) is 3.09. The molecule has 1 aromatic carbocycles. The molecule has 0 saturated heterocycles. The van der Waals surface area contributed by atoms with E-state index in [2.05, 4.69) is 60.8 Å². The molecule has 0 atom stereocenters. The normalized spacial score (nSPS) is 10.9. The van der Waals surface area contributed by atoms with Crippen molar-refractivity contribution in [2.75, 3.05) is 20.6 Å². The van der Waals surface area contributed by atoms with Crippen LogP contribution in [0, 0.1) is 0 Å². The molecule has 0 radical (unpaired) electrons. The number of aromatic nitrogens is 2. The first-order valence-electron chi connectivity index (χ1n) is 7.18. The highest BCUT2D eigenvalue weighted by Crippen LogP contribution is 2.21. The summed E-state index contributed by atoms with van der Waals surface area (Å²) < 4.78 is 2.08. The minimum absolute atomic E-state index is 0.574. The van der Waals surface area contributed by atoms with Gasteiger partial charge in [-0.3, -0.25) is 4.68 Å². The minimum Gasteiger partial charge on any atom is -0.308 e. The van der Waals surface area contributed by atoms with Gasteiger partial charge in [0.15, 0.2) is 0 Å². The molecule has 1 heterocycles. The van der Waals surface area contributed by atoms with E-state index in [0.717, 1.165) is 13.1 Å². The van der Waals surface area contributed by atoms with Crippen molar-refractivity contribution >= 4 is 10.9 Å². The molecule has 106 valence electrons. The van der Waals surface area contributed by atoms with Gasteiger partial charge in [0.05, 0.1) is 18.3 Å². The summed E-state index contributed by atoms with van der Waals surface area (Å²) in [5.74, 6) is 0.574. The first-order valence-corrected chi connectivity index (χ1v) is 7.18. The van der Waals surface area contributed by atoms with Crippen LogP contribution in [0.15, 0.2) is 24.4 Å². The zero-order valence-corrected chi connectivity index (χ0v) is 13.1. The van der Waals surface area contributed by atoms with Crippen LogP contribution in [0.2, 0.25) is 0 Å². The Morgan fingerprint density at radius 3 is 2.47 bits per heavy atom. The maximum Gasteiger partial charge on any atom is 0.0683 e. The maximum absolute atomic E-state index is 4.46. The van der Waals surface area contributed by atoms with Crippen LogP contribution in [0.25, 0.3) is 10.9 Å². The molecule has 0 unspecified atom stereocenters. The van der Waals surface area contributed by atoms with Crippen molar-refractivity contribution in [3.8, 4) is 0 Å². The molecule has 0 bridgehead atoms. The summed E-state index contributed by atoms with van der Waals surface area (Å²) >= 11 is 0. The van der Waals surface area contributed by atoms with Crippen molar-refractivity contribution in [2.24, 2.45) is 0 Å². The lowest BCUT2D eigenvalue weighted by Gasteiger charge is -2.10. The average Bonchev–Trinajstić information content (AvgIpc) is 2.80. The second-order valence-corrected chi connectivity index (χ2v) is 5.14. The zero-order valence-electron chi connectivity index (χ0n) is 13.1. The fourth-order valence-electron chi connectivity index (χ4n) is 1.94. The van der Waals surface area contributed by atoms with Gasteiger partial charge in [0.2, 0.25) is 0 Å². The van der Waals surface area contributed by atoms with Crippen molar-refractivity contribution in [3.63, 3.8) is 0 Å². The van der Waals surface area contributed by atoms with Gasteiger partial charge in [-0.1, -0.05) is 33.8 Å². The van der Waals surface area contributed by atoms with Gasteiger partial charge in [-0.25, -0.2) is 0 Å². The molecular weight excluding hydrogens is 234 g/mol. The molecule has 2 rings (SSSR count). The highest BCUT2D eigenvalue weighted by atomic mass is 15.3. The number of likely N-dealkylation sites (N-methyl/N-ethyl adjacent to an activating group) is 1. The molecular formula is C16H27N3. The van der Waals surface area contributed by atoms with Crippen LogP contribution in [0.3, 0.4) is 0 Å². The molecule has 0 aliphatic heterocycles. The van der Waals surface area contributed by atoms with Crippen molar-refractivity contribution in [3.05, 3.63) is 30.0 Å². The number of hydrogen-bond donors (Lipinski definition) is 0. The molecule has 3 nitrogen and oxygen atoms in total. The third kappa shape index (κ3) is 4.06. The number of rotatable bonds is 4. The maximum atomic E-state index is 4.46. The van der Waals surface area contributed by atoms with E-state index in [1.165, 1.54) is 16.5 Å². The molecule has 0 amide bonds. The van der Waals surface area contributed by atoms with E-state index in [1.807, 2.05) is 20.0 Å². The lowest BCUT2D eigenvalue weighted by molar-refractivity contribution is 0.377. The Bertz CT molecular complexity index is 498. The Hall–Kier alpha value is -1.35. The zero-order chi connectivity index (χ0) is 14.4. The van der Waals surface area contributed by atoms with Gasteiger partial charge in [-0.2, -0.15) is 5.10 Å². The molecule has 1 aromatic heterocycles. The van der Waals surface area contributed by atoms with E-state index in [4.69, 9.17) is 0 Å². The Labute approximate surface area is 117 Å². The molecule has 0 fully saturated rings.